The van der Waals surface area contributed by atoms with Gasteiger partial charge in [-0.1, -0.05) is 12.1 Å². The van der Waals surface area contributed by atoms with Crippen LogP contribution in [0.3, 0.4) is 0 Å². The number of aromatic nitrogens is 6. The minimum atomic E-state index is 0.432. The summed E-state index contributed by atoms with van der Waals surface area (Å²) in [5.41, 5.74) is 5.37. The summed E-state index contributed by atoms with van der Waals surface area (Å²) >= 11 is 0. The molecule has 0 aliphatic heterocycles. The Morgan fingerprint density at radius 3 is 2.41 bits per heavy atom. The number of fused-ring (bicyclic) bond motifs is 1. The normalized spacial score (nSPS) is 11.2. The summed E-state index contributed by atoms with van der Waals surface area (Å²) in [5.74, 6) is 2.16. The van der Waals surface area contributed by atoms with Gasteiger partial charge in [-0.05, 0) is 29.8 Å². The molecule has 0 aliphatic carbocycles. The third-order valence-corrected chi connectivity index (χ3v) is 5.35. The molecule has 0 saturated heterocycles. The third kappa shape index (κ3) is 3.27. The van der Waals surface area contributed by atoms with E-state index in [4.69, 9.17) is 14.0 Å². The van der Waals surface area contributed by atoms with Gasteiger partial charge in [0.2, 0.25) is 11.7 Å². The number of rotatable bonds is 6. The lowest BCUT2D eigenvalue weighted by Crippen LogP contribution is -1.97. The fourth-order valence-corrected chi connectivity index (χ4v) is 3.72. The highest BCUT2D eigenvalue weighted by Gasteiger charge is 2.21. The monoisotopic (exact) mass is 430 g/mol. The maximum Gasteiger partial charge on any atom is 0.226 e. The maximum atomic E-state index is 5.67. The molecule has 0 amide bonds. The van der Waals surface area contributed by atoms with Gasteiger partial charge in [-0.25, -0.2) is 4.98 Å². The van der Waals surface area contributed by atoms with Crippen molar-refractivity contribution in [2.45, 2.75) is 13.3 Å². The number of pyridine rings is 1. The predicted molar refractivity (Wildman–Crippen MR) is 119 cm³/mol. The second kappa shape index (κ2) is 7.84. The van der Waals surface area contributed by atoms with Crippen molar-refractivity contribution in [3.8, 4) is 45.3 Å². The Morgan fingerprint density at radius 1 is 1.00 bits per heavy atom. The molecule has 0 fully saturated rings. The van der Waals surface area contributed by atoms with Crippen molar-refractivity contribution in [3.05, 3.63) is 54.9 Å². The van der Waals surface area contributed by atoms with Crippen molar-refractivity contribution < 1.29 is 14.0 Å². The number of hydrogen-bond donors (Lipinski definition) is 0. The lowest BCUT2D eigenvalue weighted by molar-refractivity contribution is 0.379. The molecule has 5 rings (SSSR count). The van der Waals surface area contributed by atoms with Crippen LogP contribution in [0.4, 0.5) is 0 Å². The summed E-state index contributed by atoms with van der Waals surface area (Å²) in [6.07, 6.45) is 8.30. The number of imidazole rings is 1. The van der Waals surface area contributed by atoms with Crippen molar-refractivity contribution in [1.29, 1.82) is 0 Å². The van der Waals surface area contributed by atoms with E-state index in [0.717, 1.165) is 28.0 Å². The number of nitrogens with zero attached hydrogens (tertiary/aromatic N) is 6. The molecule has 0 unspecified atom stereocenters. The molecular weight excluding hydrogens is 408 g/mol. The Labute approximate surface area is 184 Å². The summed E-state index contributed by atoms with van der Waals surface area (Å²) in [6, 6.07) is 7.94. The van der Waals surface area contributed by atoms with Gasteiger partial charge in [0.25, 0.3) is 0 Å². The van der Waals surface area contributed by atoms with Crippen molar-refractivity contribution >= 4 is 5.65 Å². The summed E-state index contributed by atoms with van der Waals surface area (Å²) in [4.78, 5) is 9.05. The highest BCUT2D eigenvalue weighted by atomic mass is 16.5. The van der Waals surface area contributed by atoms with Gasteiger partial charge in [0.15, 0.2) is 0 Å². The number of aryl methyl sites for hydroxylation is 2. The summed E-state index contributed by atoms with van der Waals surface area (Å²) in [5, 5.41) is 8.34. The van der Waals surface area contributed by atoms with Crippen molar-refractivity contribution in [3.63, 3.8) is 0 Å². The van der Waals surface area contributed by atoms with Crippen LogP contribution < -0.4 is 9.47 Å². The molecule has 1 aromatic carbocycles. The van der Waals surface area contributed by atoms with Crippen LogP contribution >= 0.6 is 0 Å². The van der Waals surface area contributed by atoms with E-state index < -0.39 is 0 Å². The Balaban J connectivity index is 1.61. The molecule has 0 spiro atoms. The Hall–Kier alpha value is -4.14. The summed E-state index contributed by atoms with van der Waals surface area (Å²) in [6.45, 7) is 1.96. The van der Waals surface area contributed by atoms with Gasteiger partial charge in [0.1, 0.15) is 22.7 Å². The van der Waals surface area contributed by atoms with E-state index in [-0.39, 0.29) is 0 Å². The maximum absolute atomic E-state index is 5.67. The average molecular weight is 430 g/mol. The third-order valence-electron chi connectivity index (χ3n) is 5.35. The van der Waals surface area contributed by atoms with E-state index in [1.54, 1.807) is 18.9 Å². The van der Waals surface area contributed by atoms with Crippen LogP contribution in [0.25, 0.3) is 39.4 Å². The van der Waals surface area contributed by atoms with Gasteiger partial charge in [-0.3, -0.25) is 9.08 Å². The topological polar surface area (TPSA) is 92.5 Å². The first kappa shape index (κ1) is 19.8. The van der Waals surface area contributed by atoms with Crippen LogP contribution in [0.1, 0.15) is 12.8 Å². The minimum absolute atomic E-state index is 0.432. The summed E-state index contributed by atoms with van der Waals surface area (Å²) < 4.78 is 20.4. The number of ether oxygens (including phenoxy) is 2. The lowest BCUT2D eigenvalue weighted by atomic mass is 10.1. The average Bonchev–Trinajstić information content (AvgIpc) is 3.56. The van der Waals surface area contributed by atoms with Gasteiger partial charge < -0.3 is 14.0 Å². The lowest BCUT2D eigenvalue weighted by Gasteiger charge is -2.13. The van der Waals surface area contributed by atoms with Crippen LogP contribution in [-0.2, 0) is 13.5 Å². The zero-order valence-corrected chi connectivity index (χ0v) is 18.2. The fraction of sp³-hybridized carbons (Fsp3) is 0.217. The molecular formula is C23H22N6O3. The van der Waals surface area contributed by atoms with E-state index in [1.165, 1.54) is 0 Å². The molecule has 162 valence electrons. The predicted octanol–water partition coefficient (Wildman–Crippen LogP) is 4.03. The quantitative estimate of drug-likeness (QED) is 0.401. The molecule has 0 atom stereocenters. The Kier molecular flexibility index (Phi) is 4.85. The molecule has 0 aliphatic rings. The van der Waals surface area contributed by atoms with Gasteiger partial charge in [0.05, 0.1) is 32.3 Å². The van der Waals surface area contributed by atoms with Crippen molar-refractivity contribution in [2.24, 2.45) is 7.05 Å². The molecule has 0 bridgehead atoms. The first-order valence-corrected chi connectivity index (χ1v) is 10.2. The second-order valence-electron chi connectivity index (χ2n) is 7.31. The standard InChI is InChI=1S/C23H22N6O3/c1-5-21-26-23(27-32-21)22-18(30-3)8-15(9-19(22)31-4)17-12-24-20-10-14(6-7-29(17)20)16-11-25-28(2)13-16/h6-13H,5H2,1-4H3. The molecule has 32 heavy (non-hydrogen) atoms. The van der Waals surface area contributed by atoms with E-state index in [1.807, 2.05) is 67.4 Å². The Morgan fingerprint density at radius 2 is 1.78 bits per heavy atom. The largest absolute Gasteiger partial charge is 0.496 e. The van der Waals surface area contributed by atoms with E-state index >= 15 is 0 Å². The van der Waals surface area contributed by atoms with Crippen LogP contribution in [-0.4, -0.2) is 43.5 Å². The molecule has 4 aromatic heterocycles. The second-order valence-corrected chi connectivity index (χ2v) is 7.31. The van der Waals surface area contributed by atoms with E-state index in [9.17, 15) is 0 Å². The van der Waals surface area contributed by atoms with Gasteiger partial charge in [-0.2, -0.15) is 10.1 Å². The molecule has 0 radical (unpaired) electrons. The number of benzene rings is 1. The first-order valence-electron chi connectivity index (χ1n) is 10.2. The highest BCUT2D eigenvalue weighted by molar-refractivity contribution is 5.79. The van der Waals surface area contributed by atoms with Crippen molar-refractivity contribution in [2.75, 3.05) is 14.2 Å². The molecule has 0 saturated carbocycles. The van der Waals surface area contributed by atoms with Crippen LogP contribution in [0.2, 0.25) is 0 Å². The number of hydrogen-bond acceptors (Lipinski definition) is 7. The van der Waals surface area contributed by atoms with Gasteiger partial charge >= 0.3 is 0 Å². The Bertz CT molecular complexity index is 1390. The van der Waals surface area contributed by atoms with E-state index in [2.05, 4.69) is 20.2 Å². The number of methoxy groups -OCH3 is 2. The SMILES string of the molecule is CCc1nc(-c2c(OC)cc(-c3cnc4cc(-c5cnn(C)c5)ccn34)cc2OC)no1. The first-order chi connectivity index (χ1) is 15.6. The summed E-state index contributed by atoms with van der Waals surface area (Å²) in [7, 11) is 5.12. The molecule has 9 heteroatoms. The molecule has 9 nitrogen and oxygen atoms in total. The highest BCUT2D eigenvalue weighted by Crippen LogP contribution is 2.41. The molecule has 5 aromatic rings. The van der Waals surface area contributed by atoms with Crippen LogP contribution in [0.15, 0.2) is 53.6 Å². The molecule has 0 N–H and O–H groups in total. The van der Waals surface area contributed by atoms with Gasteiger partial charge in [0, 0.05) is 37.0 Å². The molecule has 4 heterocycles. The smallest absolute Gasteiger partial charge is 0.226 e. The fourth-order valence-electron chi connectivity index (χ4n) is 3.72. The zero-order valence-electron chi connectivity index (χ0n) is 18.2. The van der Waals surface area contributed by atoms with E-state index in [0.29, 0.717) is 35.2 Å². The van der Waals surface area contributed by atoms with Crippen molar-refractivity contribution in [1.82, 2.24) is 29.3 Å². The van der Waals surface area contributed by atoms with Crippen LogP contribution in [0, 0.1) is 0 Å². The zero-order chi connectivity index (χ0) is 22.2. The van der Waals surface area contributed by atoms with Crippen LogP contribution in [0.5, 0.6) is 11.5 Å². The minimum Gasteiger partial charge on any atom is -0.496 e. The van der Waals surface area contributed by atoms with Gasteiger partial charge in [-0.15, -0.1) is 0 Å².